The quantitative estimate of drug-likeness (QED) is 0.685. The molecule has 1 aliphatic rings. The summed E-state index contributed by atoms with van der Waals surface area (Å²) in [6.45, 7) is 1.43. The van der Waals surface area contributed by atoms with Gasteiger partial charge in [0.1, 0.15) is 4.21 Å². The summed E-state index contributed by atoms with van der Waals surface area (Å²) in [5, 5.41) is 3.07. The lowest BCUT2D eigenvalue weighted by atomic mass is 10.0. The van der Waals surface area contributed by atoms with Gasteiger partial charge in [-0.05, 0) is 50.9 Å². The average Bonchev–Trinajstić information content (AvgIpc) is 3.13. The van der Waals surface area contributed by atoms with E-state index in [1.165, 1.54) is 37.0 Å². The summed E-state index contributed by atoms with van der Waals surface area (Å²) >= 11 is 1.37. The highest BCUT2D eigenvalue weighted by atomic mass is 32.2. The van der Waals surface area contributed by atoms with E-state index in [9.17, 15) is 8.42 Å². The number of rotatable bonds is 9. The topological polar surface area (TPSA) is 58.2 Å². The molecule has 6 heteroatoms. The van der Waals surface area contributed by atoms with Gasteiger partial charge in [0.2, 0.25) is 10.0 Å². The maximum Gasteiger partial charge on any atom is 0.250 e. The molecule has 1 fully saturated rings. The van der Waals surface area contributed by atoms with Crippen molar-refractivity contribution in [2.24, 2.45) is 5.92 Å². The molecule has 1 heterocycles. The lowest BCUT2D eigenvalue weighted by molar-refractivity contribution is 0.480. The van der Waals surface area contributed by atoms with Crippen molar-refractivity contribution in [2.75, 3.05) is 20.1 Å². The van der Waals surface area contributed by atoms with Crippen molar-refractivity contribution in [3.8, 4) is 0 Å². The molecule has 0 amide bonds. The van der Waals surface area contributed by atoms with Crippen LogP contribution in [-0.4, -0.2) is 28.6 Å². The number of likely N-dealkylation sites (N-methyl/N-ethyl adjacent to an activating group) is 1. The minimum absolute atomic E-state index is 0.439. The lowest BCUT2D eigenvalue weighted by Crippen LogP contribution is -2.24. The van der Waals surface area contributed by atoms with Crippen LogP contribution < -0.4 is 10.0 Å². The third-order valence-electron chi connectivity index (χ3n) is 4.08. The Morgan fingerprint density at radius 2 is 2.00 bits per heavy atom. The van der Waals surface area contributed by atoms with E-state index in [-0.39, 0.29) is 0 Å². The predicted molar refractivity (Wildman–Crippen MR) is 88.3 cm³/mol. The molecular formula is C15H26N2O2S2. The van der Waals surface area contributed by atoms with E-state index < -0.39 is 10.0 Å². The molecule has 0 spiro atoms. The Labute approximate surface area is 132 Å². The second-order valence-electron chi connectivity index (χ2n) is 5.76. The largest absolute Gasteiger partial charge is 0.319 e. The van der Waals surface area contributed by atoms with E-state index in [4.69, 9.17) is 0 Å². The fourth-order valence-corrected chi connectivity index (χ4v) is 5.33. The van der Waals surface area contributed by atoms with E-state index in [0.717, 1.165) is 36.6 Å². The van der Waals surface area contributed by atoms with Gasteiger partial charge in [0.25, 0.3) is 0 Å². The van der Waals surface area contributed by atoms with Crippen LogP contribution in [0.5, 0.6) is 0 Å². The van der Waals surface area contributed by atoms with Gasteiger partial charge in [-0.15, -0.1) is 11.3 Å². The van der Waals surface area contributed by atoms with E-state index >= 15 is 0 Å². The third kappa shape index (κ3) is 5.36. The van der Waals surface area contributed by atoms with Crippen molar-refractivity contribution >= 4 is 21.4 Å². The van der Waals surface area contributed by atoms with Gasteiger partial charge in [-0.1, -0.05) is 25.7 Å². The van der Waals surface area contributed by atoms with Crippen LogP contribution in [0.15, 0.2) is 16.3 Å². The molecule has 0 saturated heterocycles. The Balaban J connectivity index is 1.76. The Hall–Kier alpha value is -0.430. The summed E-state index contributed by atoms with van der Waals surface area (Å²) in [6.07, 6.45) is 8.32. The summed E-state index contributed by atoms with van der Waals surface area (Å²) < 4.78 is 27.6. The van der Waals surface area contributed by atoms with E-state index in [2.05, 4.69) is 10.0 Å². The van der Waals surface area contributed by atoms with E-state index in [1.54, 1.807) is 6.07 Å². The third-order valence-corrected chi connectivity index (χ3v) is 7.18. The fraction of sp³-hybridized carbons (Fsp3) is 0.733. The smallest absolute Gasteiger partial charge is 0.250 e. The highest BCUT2D eigenvalue weighted by Gasteiger charge is 2.17. The van der Waals surface area contributed by atoms with Gasteiger partial charge in [-0.3, -0.25) is 0 Å². The van der Waals surface area contributed by atoms with Gasteiger partial charge >= 0.3 is 0 Å². The van der Waals surface area contributed by atoms with Crippen LogP contribution in [0.1, 0.15) is 43.4 Å². The van der Waals surface area contributed by atoms with Gasteiger partial charge in [-0.25, -0.2) is 13.1 Å². The van der Waals surface area contributed by atoms with Crippen molar-refractivity contribution < 1.29 is 8.42 Å². The first-order valence-electron chi connectivity index (χ1n) is 7.85. The van der Waals surface area contributed by atoms with Gasteiger partial charge in [0.05, 0.1) is 0 Å². The van der Waals surface area contributed by atoms with Crippen LogP contribution in [0.4, 0.5) is 0 Å². The van der Waals surface area contributed by atoms with Crippen molar-refractivity contribution in [3.63, 3.8) is 0 Å². The standard InChI is InChI=1S/C15H26N2O2S2/c1-16-12-10-14-8-9-15(20-14)21(18,19)17-11-4-7-13-5-2-3-6-13/h8-9,13,16-17H,2-7,10-12H2,1H3. The SMILES string of the molecule is CNCCc1ccc(S(=O)(=O)NCCCC2CCCC2)s1. The first-order valence-corrected chi connectivity index (χ1v) is 10.1. The molecular weight excluding hydrogens is 304 g/mol. The summed E-state index contributed by atoms with van der Waals surface area (Å²) in [5.74, 6) is 0.824. The van der Waals surface area contributed by atoms with Crippen molar-refractivity contribution in [2.45, 2.75) is 49.2 Å². The average molecular weight is 331 g/mol. The monoisotopic (exact) mass is 330 g/mol. The molecule has 4 nitrogen and oxygen atoms in total. The molecule has 120 valence electrons. The molecule has 0 bridgehead atoms. The summed E-state index contributed by atoms with van der Waals surface area (Å²) in [6, 6.07) is 3.63. The zero-order chi connectivity index (χ0) is 15.1. The second-order valence-corrected chi connectivity index (χ2v) is 8.93. The normalized spacial score (nSPS) is 16.6. The lowest BCUT2D eigenvalue weighted by Gasteiger charge is -2.09. The first kappa shape index (κ1) is 16.9. The number of thiophene rings is 1. The van der Waals surface area contributed by atoms with Crippen molar-refractivity contribution in [3.05, 3.63) is 17.0 Å². The molecule has 21 heavy (non-hydrogen) atoms. The number of hydrogen-bond acceptors (Lipinski definition) is 4. The molecule has 0 atom stereocenters. The minimum Gasteiger partial charge on any atom is -0.319 e. The van der Waals surface area contributed by atoms with Gasteiger partial charge in [-0.2, -0.15) is 0 Å². The molecule has 1 aliphatic carbocycles. The Kier molecular flexibility index (Phi) is 6.67. The van der Waals surface area contributed by atoms with Gasteiger partial charge in [0.15, 0.2) is 0 Å². The molecule has 0 aliphatic heterocycles. The maximum absolute atomic E-state index is 12.2. The molecule has 1 aromatic rings. The predicted octanol–water partition coefficient (Wildman–Crippen LogP) is 2.76. The van der Waals surface area contributed by atoms with E-state index in [0.29, 0.717) is 10.8 Å². The number of sulfonamides is 1. The molecule has 0 aromatic carbocycles. The van der Waals surface area contributed by atoms with Crippen LogP contribution >= 0.6 is 11.3 Å². The Bertz CT molecular complexity index is 520. The molecule has 0 radical (unpaired) electrons. The highest BCUT2D eigenvalue weighted by molar-refractivity contribution is 7.91. The maximum atomic E-state index is 12.2. The van der Waals surface area contributed by atoms with Gasteiger partial charge < -0.3 is 5.32 Å². The van der Waals surface area contributed by atoms with Crippen molar-refractivity contribution in [1.82, 2.24) is 10.0 Å². The number of hydrogen-bond donors (Lipinski definition) is 2. The van der Waals surface area contributed by atoms with Crippen LogP contribution in [0, 0.1) is 5.92 Å². The minimum atomic E-state index is -3.31. The van der Waals surface area contributed by atoms with Crippen LogP contribution in [-0.2, 0) is 16.4 Å². The van der Waals surface area contributed by atoms with Crippen molar-refractivity contribution in [1.29, 1.82) is 0 Å². The first-order chi connectivity index (χ1) is 10.1. The Morgan fingerprint density at radius 1 is 1.24 bits per heavy atom. The van der Waals surface area contributed by atoms with Crippen LogP contribution in [0.3, 0.4) is 0 Å². The Morgan fingerprint density at radius 3 is 2.71 bits per heavy atom. The molecule has 0 unspecified atom stereocenters. The zero-order valence-electron chi connectivity index (χ0n) is 12.7. The summed E-state index contributed by atoms with van der Waals surface area (Å²) in [7, 11) is -1.41. The number of nitrogens with one attached hydrogen (secondary N) is 2. The second kappa shape index (κ2) is 8.27. The summed E-state index contributed by atoms with van der Waals surface area (Å²) in [4.78, 5) is 1.11. The zero-order valence-corrected chi connectivity index (χ0v) is 14.4. The summed E-state index contributed by atoms with van der Waals surface area (Å²) in [5.41, 5.74) is 0. The van der Waals surface area contributed by atoms with Crippen LogP contribution in [0.25, 0.3) is 0 Å². The van der Waals surface area contributed by atoms with E-state index in [1.807, 2.05) is 13.1 Å². The van der Waals surface area contributed by atoms with Crippen LogP contribution in [0.2, 0.25) is 0 Å². The molecule has 2 rings (SSSR count). The van der Waals surface area contributed by atoms with Gasteiger partial charge in [0, 0.05) is 11.4 Å². The molecule has 2 N–H and O–H groups in total. The molecule has 1 saturated carbocycles. The molecule has 1 aromatic heterocycles. The highest BCUT2D eigenvalue weighted by Crippen LogP contribution is 2.28. The fourth-order valence-electron chi connectivity index (χ4n) is 2.85.